The Balaban J connectivity index is 2.00. The molecule has 0 spiro atoms. The standard InChI is InChI=1S/C8H11N5O/c9-6-2-7(12-4-11-6)13-5-1-8(14)10-3-5/h2,4-5H,1,3H2,(H,10,14)(H3,9,11,12,13). The third kappa shape index (κ3) is 1.90. The number of nitrogen functional groups attached to an aromatic ring is 1. The number of aromatic nitrogens is 2. The molecule has 0 radical (unpaired) electrons. The number of rotatable bonds is 2. The Morgan fingerprint density at radius 3 is 3.07 bits per heavy atom. The molecule has 2 rings (SSSR count). The first kappa shape index (κ1) is 8.74. The topological polar surface area (TPSA) is 92.9 Å². The molecule has 1 unspecified atom stereocenters. The zero-order valence-corrected chi connectivity index (χ0v) is 7.53. The summed E-state index contributed by atoms with van der Waals surface area (Å²) in [5.41, 5.74) is 5.49. The largest absolute Gasteiger partial charge is 0.384 e. The van der Waals surface area contributed by atoms with Crippen LogP contribution in [0.2, 0.25) is 0 Å². The summed E-state index contributed by atoms with van der Waals surface area (Å²) in [7, 11) is 0. The van der Waals surface area contributed by atoms with E-state index in [4.69, 9.17) is 5.73 Å². The first-order valence-electron chi connectivity index (χ1n) is 4.35. The van der Waals surface area contributed by atoms with Crippen molar-refractivity contribution in [3.63, 3.8) is 0 Å². The molecule has 1 aromatic heterocycles. The molecule has 0 aromatic carbocycles. The predicted octanol–water partition coefficient (Wildman–Crippen LogP) is -0.641. The molecule has 6 nitrogen and oxygen atoms in total. The maximum Gasteiger partial charge on any atom is 0.222 e. The summed E-state index contributed by atoms with van der Waals surface area (Å²) in [6, 6.07) is 1.74. The van der Waals surface area contributed by atoms with Gasteiger partial charge in [-0.1, -0.05) is 0 Å². The highest BCUT2D eigenvalue weighted by Gasteiger charge is 2.21. The second-order valence-corrected chi connectivity index (χ2v) is 3.18. The van der Waals surface area contributed by atoms with E-state index < -0.39 is 0 Å². The maximum absolute atomic E-state index is 10.9. The molecule has 1 atom stereocenters. The van der Waals surface area contributed by atoms with Gasteiger partial charge in [0.05, 0.1) is 6.04 Å². The van der Waals surface area contributed by atoms with Crippen LogP contribution in [-0.4, -0.2) is 28.5 Å². The molecule has 14 heavy (non-hydrogen) atoms. The van der Waals surface area contributed by atoms with Crippen LogP contribution in [0.15, 0.2) is 12.4 Å². The van der Waals surface area contributed by atoms with Crippen molar-refractivity contribution in [2.45, 2.75) is 12.5 Å². The molecule has 1 aliphatic rings. The Labute approximate surface area is 80.9 Å². The predicted molar refractivity (Wildman–Crippen MR) is 51.5 cm³/mol. The number of nitrogens with one attached hydrogen (secondary N) is 2. The van der Waals surface area contributed by atoms with Gasteiger partial charge >= 0.3 is 0 Å². The molecule has 1 fully saturated rings. The van der Waals surface area contributed by atoms with Crippen LogP contribution in [-0.2, 0) is 4.79 Å². The van der Waals surface area contributed by atoms with E-state index in [9.17, 15) is 4.79 Å². The normalized spacial score (nSPS) is 20.6. The quantitative estimate of drug-likeness (QED) is 0.581. The summed E-state index contributed by atoms with van der Waals surface area (Å²) >= 11 is 0. The summed E-state index contributed by atoms with van der Waals surface area (Å²) in [5, 5.41) is 5.83. The third-order valence-electron chi connectivity index (χ3n) is 2.02. The number of nitrogens with two attached hydrogens (primary N) is 1. The van der Waals surface area contributed by atoms with E-state index >= 15 is 0 Å². The summed E-state index contributed by atoms with van der Waals surface area (Å²) in [4.78, 5) is 18.7. The average Bonchev–Trinajstić information content (AvgIpc) is 2.51. The van der Waals surface area contributed by atoms with E-state index in [0.717, 1.165) is 0 Å². The highest BCUT2D eigenvalue weighted by atomic mass is 16.1. The first-order valence-corrected chi connectivity index (χ1v) is 4.35. The van der Waals surface area contributed by atoms with Crippen LogP contribution < -0.4 is 16.4 Å². The van der Waals surface area contributed by atoms with Crippen LogP contribution in [0.4, 0.5) is 11.6 Å². The van der Waals surface area contributed by atoms with Crippen LogP contribution in [0.3, 0.4) is 0 Å². The molecule has 0 aliphatic carbocycles. The Hall–Kier alpha value is -1.85. The monoisotopic (exact) mass is 193 g/mol. The van der Waals surface area contributed by atoms with Crippen LogP contribution >= 0.6 is 0 Å². The summed E-state index contributed by atoms with van der Waals surface area (Å²) < 4.78 is 0. The minimum atomic E-state index is 0.0597. The lowest BCUT2D eigenvalue weighted by Crippen LogP contribution is -2.22. The van der Waals surface area contributed by atoms with Gasteiger partial charge in [-0.05, 0) is 0 Å². The van der Waals surface area contributed by atoms with E-state index in [0.29, 0.717) is 24.6 Å². The zero-order chi connectivity index (χ0) is 9.97. The Bertz CT molecular complexity index is 353. The summed E-state index contributed by atoms with van der Waals surface area (Å²) in [5.74, 6) is 1.13. The summed E-state index contributed by atoms with van der Waals surface area (Å²) in [6.07, 6.45) is 1.87. The molecule has 0 saturated carbocycles. The highest BCUT2D eigenvalue weighted by Crippen LogP contribution is 2.10. The SMILES string of the molecule is Nc1cc(NC2CNC(=O)C2)ncn1. The van der Waals surface area contributed by atoms with Crippen molar-refractivity contribution in [1.29, 1.82) is 0 Å². The van der Waals surface area contributed by atoms with Crippen molar-refractivity contribution in [3.8, 4) is 0 Å². The minimum absolute atomic E-state index is 0.0597. The molecule has 1 aliphatic heterocycles. The average molecular weight is 193 g/mol. The van der Waals surface area contributed by atoms with Crippen LogP contribution in [0.5, 0.6) is 0 Å². The lowest BCUT2D eigenvalue weighted by Gasteiger charge is -2.10. The number of hydrogen-bond acceptors (Lipinski definition) is 5. The minimum Gasteiger partial charge on any atom is -0.384 e. The van der Waals surface area contributed by atoms with E-state index in [1.165, 1.54) is 6.33 Å². The molecule has 74 valence electrons. The van der Waals surface area contributed by atoms with Gasteiger partial charge in [-0.25, -0.2) is 9.97 Å². The Morgan fingerprint density at radius 1 is 1.57 bits per heavy atom. The number of amides is 1. The van der Waals surface area contributed by atoms with E-state index in [1.54, 1.807) is 6.07 Å². The fourth-order valence-electron chi connectivity index (χ4n) is 1.37. The summed E-state index contributed by atoms with van der Waals surface area (Å²) in [6.45, 7) is 0.628. The van der Waals surface area contributed by atoms with Gasteiger partial charge < -0.3 is 16.4 Å². The zero-order valence-electron chi connectivity index (χ0n) is 7.53. The number of carbonyl (C=O) groups is 1. The van der Waals surface area contributed by atoms with Crippen molar-refractivity contribution < 1.29 is 4.79 Å². The van der Waals surface area contributed by atoms with Gasteiger partial charge in [0, 0.05) is 19.0 Å². The Morgan fingerprint density at radius 2 is 2.43 bits per heavy atom. The van der Waals surface area contributed by atoms with Crippen molar-refractivity contribution in [3.05, 3.63) is 12.4 Å². The van der Waals surface area contributed by atoms with Gasteiger partial charge in [-0.15, -0.1) is 0 Å². The highest BCUT2D eigenvalue weighted by molar-refractivity contribution is 5.79. The van der Waals surface area contributed by atoms with Crippen LogP contribution in [0, 0.1) is 0 Å². The molecule has 1 saturated heterocycles. The molecule has 4 N–H and O–H groups in total. The van der Waals surface area contributed by atoms with Gasteiger partial charge in [0.25, 0.3) is 0 Å². The second-order valence-electron chi connectivity index (χ2n) is 3.18. The van der Waals surface area contributed by atoms with E-state index in [2.05, 4.69) is 20.6 Å². The molecule has 1 amide bonds. The van der Waals surface area contributed by atoms with Gasteiger partial charge in [-0.2, -0.15) is 0 Å². The molecular formula is C8H11N5O. The molecule has 6 heteroatoms. The lowest BCUT2D eigenvalue weighted by atomic mass is 10.2. The van der Waals surface area contributed by atoms with Crippen molar-refractivity contribution in [2.24, 2.45) is 0 Å². The molecule has 1 aromatic rings. The van der Waals surface area contributed by atoms with Crippen LogP contribution in [0.1, 0.15) is 6.42 Å². The fraction of sp³-hybridized carbons (Fsp3) is 0.375. The van der Waals surface area contributed by atoms with E-state index in [1.807, 2.05) is 0 Å². The van der Waals surface area contributed by atoms with Crippen molar-refractivity contribution in [2.75, 3.05) is 17.6 Å². The number of carbonyl (C=O) groups excluding carboxylic acids is 1. The smallest absolute Gasteiger partial charge is 0.222 e. The molecule has 2 heterocycles. The third-order valence-corrected chi connectivity index (χ3v) is 2.02. The fourth-order valence-corrected chi connectivity index (χ4v) is 1.37. The maximum atomic E-state index is 10.9. The lowest BCUT2D eigenvalue weighted by molar-refractivity contribution is -0.119. The van der Waals surface area contributed by atoms with Gasteiger partial charge in [0.2, 0.25) is 5.91 Å². The van der Waals surface area contributed by atoms with Gasteiger partial charge in [0.15, 0.2) is 0 Å². The van der Waals surface area contributed by atoms with Crippen molar-refractivity contribution in [1.82, 2.24) is 15.3 Å². The van der Waals surface area contributed by atoms with E-state index in [-0.39, 0.29) is 11.9 Å². The Kier molecular flexibility index (Phi) is 2.18. The number of hydrogen-bond donors (Lipinski definition) is 3. The number of anilines is 2. The van der Waals surface area contributed by atoms with Crippen LogP contribution in [0.25, 0.3) is 0 Å². The number of nitrogens with zero attached hydrogens (tertiary/aromatic N) is 2. The van der Waals surface area contributed by atoms with Gasteiger partial charge in [0.1, 0.15) is 18.0 Å². The molecular weight excluding hydrogens is 182 g/mol. The first-order chi connectivity index (χ1) is 6.74. The van der Waals surface area contributed by atoms with Crippen molar-refractivity contribution >= 4 is 17.5 Å². The molecule has 0 bridgehead atoms. The van der Waals surface area contributed by atoms with Gasteiger partial charge in [-0.3, -0.25) is 4.79 Å². The second kappa shape index (κ2) is 3.49.